The van der Waals surface area contributed by atoms with E-state index in [-0.39, 0.29) is 44.8 Å². The average molecular weight is 1300 g/mol. The molecule has 0 nitrogen and oxygen atoms in total. The molecule has 0 saturated heterocycles. The molecule has 4 heteroatoms. The van der Waals surface area contributed by atoms with E-state index < -0.39 is 15.8 Å². The second-order valence-corrected chi connectivity index (χ2v) is 22.1. The minimum atomic E-state index is -0.783. The van der Waals surface area contributed by atoms with Gasteiger partial charge in [-0.15, -0.1) is 35.4 Å². The Kier molecular flexibility index (Phi) is 17.2. The average Bonchev–Trinajstić information content (AvgIpc) is 3.43. The first-order chi connectivity index (χ1) is 33.7. The van der Waals surface area contributed by atoms with Gasteiger partial charge in [-0.25, -0.2) is 0 Å². The fraction of sp³-hybridized carbons (Fsp3) is 0.0303. The van der Waals surface area contributed by atoms with E-state index >= 15 is 0 Å². The van der Waals surface area contributed by atoms with Gasteiger partial charge < -0.3 is 12.8 Å². The van der Waals surface area contributed by atoms with Crippen LogP contribution in [0.5, 0.6) is 0 Å². The minimum Gasteiger partial charge on any atom is -0.366 e. The minimum absolute atomic E-state index is 0. The summed E-state index contributed by atoms with van der Waals surface area (Å²) in [6.07, 6.45) is 17.2. The molecule has 0 aliphatic rings. The Hall–Kier alpha value is -6.34. The van der Waals surface area contributed by atoms with Crippen LogP contribution in [-0.2, 0) is 44.8 Å². The third kappa shape index (κ3) is 10.8. The molecule has 0 aliphatic carbocycles. The van der Waals surface area contributed by atoms with Gasteiger partial charge in [0, 0.05) is 0 Å². The van der Waals surface area contributed by atoms with Crippen LogP contribution in [0.15, 0.2) is 255 Å². The summed E-state index contributed by atoms with van der Waals surface area (Å²) in [6, 6.07) is 90.6. The first-order valence-electron chi connectivity index (χ1n) is 23.1. The van der Waals surface area contributed by atoms with Crippen molar-refractivity contribution < 1.29 is 44.8 Å². The smallest absolute Gasteiger partial charge is 0.366 e. The quantitative estimate of drug-likeness (QED) is 0.0490. The molecule has 12 aromatic carbocycles. The van der Waals surface area contributed by atoms with Crippen molar-refractivity contribution >= 4 is 102 Å². The van der Waals surface area contributed by atoms with Gasteiger partial charge in [-0.05, 0) is 113 Å². The molecule has 0 atom stereocenters. The summed E-state index contributed by atoms with van der Waals surface area (Å²) in [6.45, 7) is 0. The predicted octanol–water partition coefficient (Wildman–Crippen LogP) is 14.9. The van der Waals surface area contributed by atoms with Crippen molar-refractivity contribution in [3.63, 3.8) is 0 Å². The van der Waals surface area contributed by atoms with E-state index in [4.69, 9.17) is 12.8 Å². The van der Waals surface area contributed by atoms with Gasteiger partial charge in [0.2, 0.25) is 0 Å². The number of hydrogen-bond acceptors (Lipinski definition) is 0. The van der Waals surface area contributed by atoms with E-state index in [0.29, 0.717) is 0 Å². The van der Waals surface area contributed by atoms with Gasteiger partial charge in [0.15, 0.2) is 0 Å². The molecule has 12 rings (SSSR count). The van der Waals surface area contributed by atoms with E-state index in [9.17, 15) is 0 Å². The van der Waals surface area contributed by atoms with Crippen molar-refractivity contribution in [2.45, 2.75) is 0 Å². The van der Waals surface area contributed by atoms with E-state index in [0.717, 1.165) is 11.1 Å². The van der Waals surface area contributed by atoms with Gasteiger partial charge in [-0.1, -0.05) is 182 Å². The van der Waals surface area contributed by atoms with Crippen LogP contribution >= 0.6 is 15.8 Å². The zero-order chi connectivity index (χ0) is 46.1. The zero-order valence-corrected chi connectivity index (χ0v) is 44.6. The molecule has 0 N–H and O–H groups in total. The van der Waals surface area contributed by atoms with Gasteiger partial charge in [-0.2, -0.15) is 0 Å². The summed E-state index contributed by atoms with van der Waals surface area (Å²) < 4.78 is 0. The number of benzene rings is 12. The van der Waals surface area contributed by atoms with Gasteiger partial charge >= 0.3 is 44.8 Å². The number of fused-ring (bicyclic) bond motifs is 12. The summed E-state index contributed by atoms with van der Waals surface area (Å²) in [5.41, 5.74) is 1.64. The number of hydrogen-bond donors (Lipinski definition) is 0. The molecule has 342 valence electrons. The van der Waals surface area contributed by atoms with Crippen molar-refractivity contribution in [1.29, 1.82) is 0 Å². The molecule has 0 amide bonds. The second-order valence-electron chi connectivity index (χ2n) is 16.9. The van der Waals surface area contributed by atoms with Gasteiger partial charge in [0.1, 0.15) is 12.3 Å². The maximum atomic E-state index is 7.34. The Morgan fingerprint density at radius 3 is 0.671 bits per heavy atom. The standard InChI is InChI=1S/C26H24P2.2C20H11.2Au/c1-5-13-23(14-6-1)27(24-15-7-2-8-16-24)21-22-28(25-17-9-3-10-18-25)26-19-11-4-12-20-26;2*1-2-14-11-12-19-17-9-4-3-7-15(17)16-8-5-6-10-18(16)20(19)13-14;;/h1-20H,21-22H2;2*3-13H;;/q;2*-1;2*+1/p+2. The fourth-order valence-electron chi connectivity index (χ4n) is 9.69. The van der Waals surface area contributed by atoms with E-state index in [1.54, 1.807) is 0 Å². The summed E-state index contributed by atoms with van der Waals surface area (Å²) in [5.74, 6) is 4.96. The van der Waals surface area contributed by atoms with Crippen LogP contribution in [0, 0.1) is 24.7 Å². The first kappa shape index (κ1) is 50.1. The summed E-state index contributed by atoms with van der Waals surface area (Å²) >= 11 is 0. The molecule has 0 radical (unpaired) electrons. The van der Waals surface area contributed by atoms with Crippen molar-refractivity contribution in [2.24, 2.45) is 0 Å². The molecular formula is C66H48Au2P2+2. The Bertz CT molecular complexity index is 3370. The van der Waals surface area contributed by atoms with Crippen LogP contribution in [0.3, 0.4) is 0 Å². The van der Waals surface area contributed by atoms with Gasteiger partial charge in [-0.3, -0.25) is 11.8 Å². The van der Waals surface area contributed by atoms with Crippen LogP contribution in [0.25, 0.3) is 64.6 Å². The molecule has 0 heterocycles. The van der Waals surface area contributed by atoms with E-state index in [1.807, 2.05) is 12.1 Å². The Balaban J connectivity index is 0.000000142. The van der Waals surface area contributed by atoms with Crippen molar-refractivity contribution in [1.82, 2.24) is 0 Å². The monoisotopic (exact) mass is 1300 g/mol. The first-order valence-corrected chi connectivity index (χ1v) is 26.5. The number of rotatable bonds is 7. The van der Waals surface area contributed by atoms with Crippen LogP contribution in [0.2, 0.25) is 0 Å². The van der Waals surface area contributed by atoms with Crippen LogP contribution < -0.4 is 21.2 Å². The topological polar surface area (TPSA) is 0 Å². The molecule has 0 saturated carbocycles. The third-order valence-electron chi connectivity index (χ3n) is 12.9. The molecule has 12 aromatic rings. The van der Waals surface area contributed by atoms with Crippen LogP contribution in [0.1, 0.15) is 11.1 Å². The molecule has 0 fully saturated rings. The maximum absolute atomic E-state index is 7.34. The van der Waals surface area contributed by atoms with Crippen molar-refractivity contribution in [3.05, 3.63) is 279 Å². The predicted molar refractivity (Wildman–Crippen MR) is 301 cm³/mol. The maximum Gasteiger partial charge on any atom is 1.00 e. The molecule has 0 spiro atoms. The molecular weight excluding hydrogens is 1250 g/mol. The summed E-state index contributed by atoms with van der Waals surface area (Å²) in [5, 5.41) is 21.0. The summed E-state index contributed by atoms with van der Waals surface area (Å²) in [7, 11) is -1.57. The molecule has 70 heavy (non-hydrogen) atoms. The van der Waals surface area contributed by atoms with Crippen LogP contribution in [0.4, 0.5) is 0 Å². The zero-order valence-electron chi connectivity index (χ0n) is 38.3. The van der Waals surface area contributed by atoms with Gasteiger partial charge in [0.25, 0.3) is 0 Å². The molecule has 0 aliphatic heterocycles. The van der Waals surface area contributed by atoms with Gasteiger partial charge in [0.05, 0.1) is 37.1 Å². The SMILES string of the molecule is [Au+].[Au+].[C-]#Cc1ccc2c3ccccc3c3ccccc3c2c1.[C-]#Cc1ccc2c3ccccc3c3ccccc3c2c1.c1ccc([PH+](CC[PH+](c2ccccc2)c2ccccc2)c2ccccc2)cc1. The van der Waals surface area contributed by atoms with E-state index in [1.165, 1.54) is 98.2 Å². The second kappa shape index (κ2) is 24.0. The molecule has 0 aromatic heterocycles. The summed E-state index contributed by atoms with van der Waals surface area (Å²) in [4.78, 5) is 0. The van der Waals surface area contributed by atoms with Crippen molar-refractivity contribution in [3.8, 4) is 11.8 Å². The Morgan fingerprint density at radius 1 is 0.243 bits per heavy atom. The van der Waals surface area contributed by atoms with Crippen LogP contribution in [-0.4, -0.2) is 12.3 Å². The molecule has 0 unspecified atom stereocenters. The molecule has 0 bridgehead atoms. The Labute approximate surface area is 445 Å². The Morgan fingerprint density at radius 2 is 0.443 bits per heavy atom. The normalized spacial score (nSPS) is 10.7. The third-order valence-corrected chi connectivity index (χ3v) is 19.0. The van der Waals surface area contributed by atoms with E-state index in [2.05, 4.69) is 254 Å². The van der Waals surface area contributed by atoms with Crippen molar-refractivity contribution in [2.75, 3.05) is 12.3 Å². The fourth-order valence-corrected chi connectivity index (χ4v) is 15.9. The largest absolute Gasteiger partial charge is 1.00 e.